The van der Waals surface area contributed by atoms with Gasteiger partial charge in [0, 0.05) is 0 Å². The second-order valence-corrected chi connectivity index (χ2v) is 9.05. The van der Waals surface area contributed by atoms with E-state index in [0.717, 1.165) is 11.0 Å². The molecule has 1 saturated heterocycles. The fourth-order valence-corrected chi connectivity index (χ4v) is 2.67. The maximum Gasteiger partial charge on any atom is 1.00 e. The Balaban J connectivity index is 0.00000420. The van der Waals surface area contributed by atoms with Crippen LogP contribution in [0, 0.1) is 0 Å². The third kappa shape index (κ3) is 6.78. The van der Waals surface area contributed by atoms with Gasteiger partial charge in [-0.2, -0.15) is 0 Å². The van der Waals surface area contributed by atoms with Gasteiger partial charge in [-0.25, -0.2) is 4.79 Å². The Morgan fingerprint density at radius 2 is 1.59 bits per heavy atom. The van der Waals surface area contributed by atoms with Gasteiger partial charge >= 0.3 is 32.1 Å². The van der Waals surface area contributed by atoms with Gasteiger partial charge in [-0.05, 0) is 65.9 Å². The number of benzene rings is 1. The van der Waals surface area contributed by atoms with Crippen molar-refractivity contribution in [1.82, 2.24) is 5.32 Å². The minimum atomic E-state index is -1.37. The average molecular weight is 397 g/mol. The Labute approximate surface area is 185 Å². The van der Waals surface area contributed by atoms with Crippen LogP contribution in [0.15, 0.2) is 24.3 Å². The standard InChI is InChI=1S/C20H30BNO6.Li/c1-18(2,3)26-17(25)22-15(16(23)24)12-13-8-10-14(11-9-13)21-27-19(4,5)20(6,7)28-21;/h8-11,15H,12H2,1-7H3,(H,22,25)(H,23,24);/q;+1/p-1/t15-;/m0./s1. The molecular weight excluding hydrogens is 368 g/mol. The number of amides is 1. The molecule has 9 heteroatoms. The molecule has 1 N–H and O–H groups in total. The van der Waals surface area contributed by atoms with Crippen molar-refractivity contribution in [1.29, 1.82) is 0 Å². The van der Waals surface area contributed by atoms with Gasteiger partial charge in [0.05, 0.1) is 23.2 Å². The van der Waals surface area contributed by atoms with Crippen LogP contribution in [-0.4, -0.2) is 42.0 Å². The molecule has 0 aromatic heterocycles. The summed E-state index contributed by atoms with van der Waals surface area (Å²) < 4.78 is 17.1. The fraction of sp³-hybridized carbons (Fsp3) is 0.600. The summed E-state index contributed by atoms with van der Waals surface area (Å²) in [4.78, 5) is 23.3. The maximum absolute atomic E-state index is 11.9. The van der Waals surface area contributed by atoms with Crippen LogP contribution in [0.3, 0.4) is 0 Å². The van der Waals surface area contributed by atoms with Crippen molar-refractivity contribution in [3.8, 4) is 0 Å². The zero-order valence-corrected chi connectivity index (χ0v) is 18.6. The molecule has 1 amide bonds. The van der Waals surface area contributed by atoms with Gasteiger partial charge in [-0.1, -0.05) is 24.3 Å². The normalized spacial score (nSPS) is 18.5. The summed E-state index contributed by atoms with van der Waals surface area (Å²) in [5, 5.41) is 13.7. The SMILES string of the molecule is CC(C)(C)OC(=O)N[C@@H](Cc1ccc(B2OC(C)(C)C(C)(C)O2)cc1)C(=O)[O-].[Li+]. The van der Waals surface area contributed by atoms with Crippen LogP contribution in [0.2, 0.25) is 0 Å². The van der Waals surface area contributed by atoms with Crippen molar-refractivity contribution < 1.29 is 47.6 Å². The minimum absolute atomic E-state index is 0. The Hall–Kier alpha value is -1.46. The van der Waals surface area contributed by atoms with Gasteiger partial charge in [-0.3, -0.25) is 0 Å². The molecule has 0 radical (unpaired) electrons. The molecule has 1 atom stereocenters. The Morgan fingerprint density at radius 3 is 2.00 bits per heavy atom. The number of carbonyl (C=O) groups is 2. The van der Waals surface area contributed by atoms with Crippen molar-refractivity contribution in [3.63, 3.8) is 0 Å². The van der Waals surface area contributed by atoms with E-state index in [-0.39, 0.29) is 25.3 Å². The third-order valence-electron chi connectivity index (χ3n) is 4.92. The van der Waals surface area contributed by atoms with Crippen molar-refractivity contribution in [2.75, 3.05) is 0 Å². The summed E-state index contributed by atoms with van der Waals surface area (Å²) in [7, 11) is -0.490. The molecule has 0 unspecified atom stereocenters. The predicted octanol–water partition coefficient (Wildman–Crippen LogP) is -1.82. The quantitative estimate of drug-likeness (QED) is 0.588. The maximum atomic E-state index is 11.9. The molecule has 7 nitrogen and oxygen atoms in total. The van der Waals surface area contributed by atoms with E-state index in [0.29, 0.717) is 0 Å². The molecule has 2 rings (SSSR count). The number of carbonyl (C=O) groups excluding carboxylic acids is 2. The van der Waals surface area contributed by atoms with Crippen LogP contribution >= 0.6 is 0 Å². The number of carboxylic acids is 1. The molecule has 0 bridgehead atoms. The third-order valence-corrected chi connectivity index (χ3v) is 4.92. The van der Waals surface area contributed by atoms with E-state index in [1.807, 2.05) is 39.8 Å². The molecule has 29 heavy (non-hydrogen) atoms. The molecule has 1 aliphatic rings. The van der Waals surface area contributed by atoms with Crippen LogP contribution in [0.25, 0.3) is 0 Å². The fourth-order valence-electron chi connectivity index (χ4n) is 2.67. The number of alkyl carbamates (subject to hydrolysis) is 1. The Morgan fingerprint density at radius 1 is 1.10 bits per heavy atom. The number of hydrogen-bond acceptors (Lipinski definition) is 6. The first kappa shape index (κ1) is 25.6. The topological polar surface area (TPSA) is 96.9 Å². The summed E-state index contributed by atoms with van der Waals surface area (Å²) in [5.41, 5.74) is -0.0231. The zero-order chi connectivity index (χ0) is 21.3. The van der Waals surface area contributed by atoms with Gasteiger partial charge in [-0.15, -0.1) is 0 Å². The first-order valence-corrected chi connectivity index (χ1v) is 9.35. The van der Waals surface area contributed by atoms with Crippen LogP contribution in [-0.2, 0) is 25.3 Å². The molecule has 1 aliphatic heterocycles. The minimum Gasteiger partial charge on any atom is -0.548 e. The van der Waals surface area contributed by atoms with Crippen molar-refractivity contribution in [2.24, 2.45) is 0 Å². The molecule has 1 aromatic carbocycles. The van der Waals surface area contributed by atoms with Gasteiger partial charge in [0.1, 0.15) is 5.60 Å². The number of rotatable bonds is 5. The van der Waals surface area contributed by atoms with E-state index >= 15 is 0 Å². The van der Waals surface area contributed by atoms with Crippen molar-refractivity contribution in [3.05, 3.63) is 29.8 Å². The number of carboxylic acid groups (broad SMARTS) is 1. The van der Waals surface area contributed by atoms with Crippen molar-refractivity contribution in [2.45, 2.75) is 77.7 Å². The number of nitrogens with one attached hydrogen (secondary N) is 1. The van der Waals surface area contributed by atoms with Gasteiger partial charge < -0.3 is 29.3 Å². The predicted molar refractivity (Wildman–Crippen MR) is 104 cm³/mol. The molecule has 1 heterocycles. The van der Waals surface area contributed by atoms with Gasteiger partial charge in [0.25, 0.3) is 0 Å². The van der Waals surface area contributed by atoms with Gasteiger partial charge in [0.2, 0.25) is 0 Å². The van der Waals surface area contributed by atoms with E-state index in [2.05, 4.69) is 5.32 Å². The molecule has 0 spiro atoms. The Kier molecular flexibility index (Phi) is 8.06. The summed E-state index contributed by atoms with van der Waals surface area (Å²) in [6, 6.07) is 6.03. The smallest absolute Gasteiger partial charge is 0.548 e. The van der Waals surface area contributed by atoms with E-state index in [9.17, 15) is 14.7 Å². The van der Waals surface area contributed by atoms with E-state index in [4.69, 9.17) is 14.0 Å². The summed E-state index contributed by atoms with van der Waals surface area (Å²) in [6.45, 7) is 13.0. The van der Waals surface area contributed by atoms with Crippen LogP contribution in [0.4, 0.5) is 4.79 Å². The monoisotopic (exact) mass is 397 g/mol. The van der Waals surface area contributed by atoms with Crippen LogP contribution in [0.1, 0.15) is 54.0 Å². The molecule has 0 saturated carbocycles. The van der Waals surface area contributed by atoms with E-state index in [1.54, 1.807) is 32.9 Å². The van der Waals surface area contributed by atoms with E-state index < -0.39 is 42.0 Å². The molecule has 1 aromatic rings. The number of ether oxygens (including phenoxy) is 1. The Bertz CT molecular complexity index is 713. The largest absolute Gasteiger partial charge is 1.00 e. The summed E-state index contributed by atoms with van der Waals surface area (Å²) in [5.74, 6) is -1.37. The summed E-state index contributed by atoms with van der Waals surface area (Å²) >= 11 is 0. The number of hydrogen-bond donors (Lipinski definition) is 1. The number of aliphatic carboxylic acids is 1. The van der Waals surface area contributed by atoms with Gasteiger partial charge in [0.15, 0.2) is 0 Å². The first-order valence-electron chi connectivity index (χ1n) is 9.35. The molecule has 1 fully saturated rings. The summed E-state index contributed by atoms with van der Waals surface area (Å²) in [6.07, 6.45) is -0.721. The second-order valence-electron chi connectivity index (χ2n) is 9.05. The molecular formula is C20H29BLiNO6. The van der Waals surface area contributed by atoms with Crippen LogP contribution < -0.4 is 34.7 Å². The zero-order valence-electron chi connectivity index (χ0n) is 18.6. The van der Waals surface area contributed by atoms with Crippen LogP contribution in [0.5, 0.6) is 0 Å². The molecule has 154 valence electrons. The van der Waals surface area contributed by atoms with Crippen molar-refractivity contribution >= 4 is 24.6 Å². The average Bonchev–Trinajstić information content (AvgIpc) is 2.73. The molecule has 0 aliphatic carbocycles. The first-order chi connectivity index (χ1) is 12.7. The van der Waals surface area contributed by atoms with E-state index in [1.165, 1.54) is 0 Å². The second kappa shape index (κ2) is 9.13.